The fraction of sp³-hybridized carbons (Fsp3) is 0.350. The van der Waals surface area contributed by atoms with E-state index in [-0.39, 0.29) is 23.7 Å². The van der Waals surface area contributed by atoms with Gasteiger partial charge in [-0.05, 0) is 54.7 Å². The van der Waals surface area contributed by atoms with Crippen LogP contribution in [0.4, 0.5) is 0 Å². The number of Topliss-reactive ketones (excluding diaryl/α,β-unsaturated/α-hetero) is 1. The first-order valence-electron chi connectivity index (χ1n) is 8.31. The Bertz CT molecular complexity index is 694. The van der Waals surface area contributed by atoms with Gasteiger partial charge in [0.15, 0.2) is 11.5 Å². The number of carbonyl (C=O) groups is 1. The summed E-state index contributed by atoms with van der Waals surface area (Å²) in [5.74, 6) is 0.702. The Hall–Kier alpha value is -2.53. The molecular formula is C20H24O5. The topological polar surface area (TPSA) is 87.0 Å². The number of aliphatic hydroxyl groups is 1. The number of methoxy groups -OCH3 is 1. The molecule has 0 radical (unpaired) electrons. The molecule has 2 aromatic rings. The first-order chi connectivity index (χ1) is 12.0. The summed E-state index contributed by atoms with van der Waals surface area (Å²) in [5.41, 5.74) is 1.92. The summed E-state index contributed by atoms with van der Waals surface area (Å²) in [6, 6.07) is 11.8. The standard InChI is InChI=1S/C20H24O5/c1-25-20-12-15(6-11-19(20)24)5-10-18(23)13-17(22)9-4-14-2-7-16(21)8-3-14/h2-3,6-8,11-12,18,21,23-24H,4-5,9-10,13H2,1H3/t18-/m1/s1. The Morgan fingerprint density at radius 1 is 1.04 bits per heavy atom. The number of carbonyl (C=O) groups excluding carboxylic acids is 1. The molecule has 0 aliphatic heterocycles. The number of aryl methyl sites for hydroxylation is 2. The zero-order chi connectivity index (χ0) is 18.2. The van der Waals surface area contributed by atoms with Crippen molar-refractivity contribution in [3.8, 4) is 17.2 Å². The van der Waals surface area contributed by atoms with Gasteiger partial charge < -0.3 is 20.1 Å². The summed E-state index contributed by atoms with van der Waals surface area (Å²) in [7, 11) is 1.49. The normalized spacial score (nSPS) is 11.9. The van der Waals surface area contributed by atoms with Gasteiger partial charge in [-0.2, -0.15) is 0 Å². The van der Waals surface area contributed by atoms with Gasteiger partial charge in [-0.3, -0.25) is 4.79 Å². The Labute approximate surface area is 147 Å². The SMILES string of the molecule is COc1cc(CC[C@@H](O)CC(=O)CCc2ccc(O)cc2)ccc1O. The van der Waals surface area contributed by atoms with Gasteiger partial charge in [0.25, 0.3) is 0 Å². The van der Waals surface area contributed by atoms with Crippen LogP contribution in [0.25, 0.3) is 0 Å². The van der Waals surface area contributed by atoms with Gasteiger partial charge in [-0.1, -0.05) is 18.2 Å². The molecule has 0 aliphatic carbocycles. The molecule has 5 heteroatoms. The van der Waals surface area contributed by atoms with Crippen LogP contribution >= 0.6 is 0 Å². The van der Waals surface area contributed by atoms with Crippen molar-refractivity contribution < 1.29 is 24.9 Å². The second-order valence-electron chi connectivity index (χ2n) is 6.11. The third-order valence-corrected chi connectivity index (χ3v) is 4.10. The number of aromatic hydroxyl groups is 2. The Morgan fingerprint density at radius 2 is 1.72 bits per heavy atom. The number of phenols is 2. The number of rotatable bonds is 9. The number of ether oxygens (including phenoxy) is 1. The van der Waals surface area contributed by atoms with E-state index in [9.17, 15) is 20.1 Å². The summed E-state index contributed by atoms with van der Waals surface area (Å²) in [5, 5.41) is 28.9. The molecule has 0 aromatic heterocycles. The van der Waals surface area contributed by atoms with Crippen LogP contribution < -0.4 is 4.74 Å². The molecule has 0 spiro atoms. The van der Waals surface area contributed by atoms with Crippen LogP contribution in [-0.4, -0.2) is 34.3 Å². The Morgan fingerprint density at radius 3 is 2.40 bits per heavy atom. The van der Waals surface area contributed by atoms with Gasteiger partial charge in [0, 0.05) is 12.8 Å². The second-order valence-corrected chi connectivity index (χ2v) is 6.11. The monoisotopic (exact) mass is 344 g/mol. The van der Waals surface area contributed by atoms with Gasteiger partial charge in [0.1, 0.15) is 11.5 Å². The Balaban J connectivity index is 1.74. The van der Waals surface area contributed by atoms with Crippen molar-refractivity contribution in [1.29, 1.82) is 0 Å². The van der Waals surface area contributed by atoms with E-state index in [4.69, 9.17) is 4.74 Å². The van der Waals surface area contributed by atoms with Crippen LogP contribution in [0.15, 0.2) is 42.5 Å². The van der Waals surface area contributed by atoms with Crippen molar-refractivity contribution in [2.45, 2.75) is 38.2 Å². The second kappa shape index (κ2) is 9.08. The molecule has 134 valence electrons. The van der Waals surface area contributed by atoms with E-state index in [0.29, 0.717) is 31.4 Å². The molecule has 2 aromatic carbocycles. The molecule has 0 bridgehead atoms. The van der Waals surface area contributed by atoms with Crippen LogP contribution in [0, 0.1) is 0 Å². The first-order valence-corrected chi connectivity index (χ1v) is 8.31. The first kappa shape index (κ1) is 18.8. The van der Waals surface area contributed by atoms with Gasteiger partial charge in [0.05, 0.1) is 13.2 Å². The lowest BCUT2D eigenvalue weighted by molar-refractivity contribution is -0.120. The third-order valence-electron chi connectivity index (χ3n) is 4.10. The van der Waals surface area contributed by atoms with Crippen molar-refractivity contribution in [3.63, 3.8) is 0 Å². The predicted octanol–water partition coefficient (Wildman–Crippen LogP) is 2.99. The zero-order valence-corrected chi connectivity index (χ0v) is 14.3. The summed E-state index contributed by atoms with van der Waals surface area (Å²) < 4.78 is 5.06. The number of ketones is 1. The minimum Gasteiger partial charge on any atom is -0.508 e. The summed E-state index contributed by atoms with van der Waals surface area (Å²) in [4.78, 5) is 12.0. The molecule has 0 heterocycles. The number of phenolic OH excluding ortho intramolecular Hbond substituents is 2. The van der Waals surface area contributed by atoms with Crippen LogP contribution in [0.5, 0.6) is 17.2 Å². The minimum absolute atomic E-state index is 0.0175. The molecule has 1 atom stereocenters. The maximum absolute atomic E-state index is 12.0. The van der Waals surface area contributed by atoms with E-state index in [1.54, 1.807) is 42.5 Å². The fourth-order valence-corrected chi connectivity index (χ4v) is 2.62. The largest absolute Gasteiger partial charge is 0.508 e. The Kier molecular flexibility index (Phi) is 6.83. The molecule has 0 unspecified atom stereocenters. The van der Waals surface area contributed by atoms with Crippen molar-refractivity contribution in [2.75, 3.05) is 7.11 Å². The smallest absolute Gasteiger partial charge is 0.160 e. The molecule has 0 fully saturated rings. The van der Waals surface area contributed by atoms with Crippen molar-refractivity contribution in [3.05, 3.63) is 53.6 Å². The van der Waals surface area contributed by atoms with Crippen LogP contribution in [0.1, 0.15) is 30.4 Å². The van der Waals surface area contributed by atoms with Crippen molar-refractivity contribution in [1.82, 2.24) is 0 Å². The molecule has 0 saturated heterocycles. The fourth-order valence-electron chi connectivity index (χ4n) is 2.62. The van der Waals surface area contributed by atoms with Crippen LogP contribution in [0.3, 0.4) is 0 Å². The summed E-state index contributed by atoms with van der Waals surface area (Å²) >= 11 is 0. The highest BCUT2D eigenvalue weighted by Gasteiger charge is 2.12. The molecule has 3 N–H and O–H groups in total. The number of hydrogen-bond donors (Lipinski definition) is 3. The maximum atomic E-state index is 12.0. The quantitative estimate of drug-likeness (QED) is 0.651. The van der Waals surface area contributed by atoms with Crippen molar-refractivity contribution >= 4 is 5.78 Å². The minimum atomic E-state index is -0.688. The molecule has 25 heavy (non-hydrogen) atoms. The van der Waals surface area contributed by atoms with Gasteiger partial charge in [-0.15, -0.1) is 0 Å². The molecule has 0 saturated carbocycles. The highest BCUT2D eigenvalue weighted by molar-refractivity contribution is 5.79. The number of aliphatic hydroxyl groups excluding tert-OH is 1. The molecule has 0 aliphatic rings. The lowest BCUT2D eigenvalue weighted by Gasteiger charge is -2.11. The van der Waals surface area contributed by atoms with E-state index in [1.807, 2.05) is 0 Å². The van der Waals surface area contributed by atoms with Crippen LogP contribution in [-0.2, 0) is 17.6 Å². The highest BCUT2D eigenvalue weighted by atomic mass is 16.5. The van der Waals surface area contributed by atoms with Gasteiger partial charge >= 0.3 is 0 Å². The highest BCUT2D eigenvalue weighted by Crippen LogP contribution is 2.27. The summed E-state index contributed by atoms with van der Waals surface area (Å²) in [6.45, 7) is 0. The lowest BCUT2D eigenvalue weighted by Crippen LogP contribution is -2.15. The number of benzene rings is 2. The molecule has 5 nitrogen and oxygen atoms in total. The third kappa shape index (κ3) is 6.12. The average molecular weight is 344 g/mol. The van der Waals surface area contributed by atoms with E-state index in [2.05, 4.69) is 0 Å². The van der Waals surface area contributed by atoms with Gasteiger partial charge in [-0.25, -0.2) is 0 Å². The van der Waals surface area contributed by atoms with Crippen LogP contribution in [0.2, 0.25) is 0 Å². The predicted molar refractivity (Wildman–Crippen MR) is 95.0 cm³/mol. The lowest BCUT2D eigenvalue weighted by atomic mass is 10.00. The average Bonchev–Trinajstić information content (AvgIpc) is 2.60. The van der Waals surface area contributed by atoms with E-state index in [1.165, 1.54) is 7.11 Å². The van der Waals surface area contributed by atoms with Gasteiger partial charge in [0.2, 0.25) is 0 Å². The zero-order valence-electron chi connectivity index (χ0n) is 14.3. The van der Waals surface area contributed by atoms with E-state index < -0.39 is 6.10 Å². The molecule has 2 rings (SSSR count). The van der Waals surface area contributed by atoms with E-state index in [0.717, 1.165) is 11.1 Å². The van der Waals surface area contributed by atoms with Crippen molar-refractivity contribution in [2.24, 2.45) is 0 Å². The molecule has 0 amide bonds. The van der Waals surface area contributed by atoms with E-state index >= 15 is 0 Å². The molecular weight excluding hydrogens is 320 g/mol. The maximum Gasteiger partial charge on any atom is 0.160 e. The number of hydrogen-bond acceptors (Lipinski definition) is 5. The summed E-state index contributed by atoms with van der Waals surface area (Å²) in [6.07, 6.45) is 1.48.